The zero-order valence-electron chi connectivity index (χ0n) is 14.9. The van der Waals surface area contributed by atoms with Crippen molar-refractivity contribution < 1.29 is 8.42 Å². The molecular formula is C20H18N4O2S. The van der Waals surface area contributed by atoms with Crippen LogP contribution in [0.25, 0.3) is 17.0 Å². The first-order valence-electron chi connectivity index (χ1n) is 8.46. The van der Waals surface area contributed by atoms with Gasteiger partial charge in [-0.05, 0) is 32.0 Å². The van der Waals surface area contributed by atoms with Gasteiger partial charge in [0.2, 0.25) is 5.78 Å². The summed E-state index contributed by atoms with van der Waals surface area (Å²) in [7, 11) is -3.77. The number of benzene rings is 2. The van der Waals surface area contributed by atoms with Gasteiger partial charge in [-0.1, -0.05) is 48.5 Å². The van der Waals surface area contributed by atoms with Gasteiger partial charge in [0.15, 0.2) is 5.82 Å². The predicted octanol–water partition coefficient (Wildman–Crippen LogP) is 3.81. The van der Waals surface area contributed by atoms with E-state index < -0.39 is 10.0 Å². The van der Waals surface area contributed by atoms with Crippen LogP contribution in [0, 0.1) is 13.8 Å². The molecule has 0 aliphatic rings. The fourth-order valence-corrected chi connectivity index (χ4v) is 4.13. The molecule has 0 bridgehead atoms. The molecule has 0 spiro atoms. The number of sulfonamides is 1. The number of hydrogen-bond donors (Lipinski definition) is 1. The van der Waals surface area contributed by atoms with Crippen LogP contribution < -0.4 is 4.72 Å². The summed E-state index contributed by atoms with van der Waals surface area (Å²) in [6, 6.07) is 19.6. The zero-order chi connectivity index (χ0) is 19.0. The molecule has 136 valence electrons. The molecule has 2 aromatic carbocycles. The molecule has 4 rings (SSSR count). The summed E-state index contributed by atoms with van der Waals surface area (Å²) in [5.41, 5.74) is 3.02. The lowest BCUT2D eigenvalue weighted by atomic mass is 10.1. The van der Waals surface area contributed by atoms with Crippen LogP contribution in [0.1, 0.15) is 11.4 Å². The zero-order valence-corrected chi connectivity index (χ0v) is 15.7. The minimum absolute atomic E-state index is 0.191. The van der Waals surface area contributed by atoms with E-state index in [1.165, 1.54) is 0 Å². The lowest BCUT2D eigenvalue weighted by Crippen LogP contribution is -2.15. The molecule has 0 saturated heterocycles. The summed E-state index contributed by atoms with van der Waals surface area (Å²) in [5, 5.41) is 0. The smallest absolute Gasteiger partial charge is 0.263 e. The minimum atomic E-state index is -3.77. The van der Waals surface area contributed by atoms with Crippen molar-refractivity contribution in [2.24, 2.45) is 0 Å². The lowest BCUT2D eigenvalue weighted by molar-refractivity contribution is 0.601. The van der Waals surface area contributed by atoms with Gasteiger partial charge in [-0.2, -0.15) is 0 Å². The Bertz CT molecular complexity index is 1220. The van der Waals surface area contributed by atoms with Gasteiger partial charge in [0.05, 0.1) is 4.90 Å². The number of hydrogen-bond acceptors (Lipinski definition) is 4. The van der Waals surface area contributed by atoms with Gasteiger partial charge in [-0.3, -0.25) is 9.12 Å². The normalized spacial score (nSPS) is 11.6. The highest BCUT2D eigenvalue weighted by Crippen LogP contribution is 2.31. The van der Waals surface area contributed by atoms with Crippen LogP contribution in [0.4, 0.5) is 5.82 Å². The maximum atomic E-state index is 12.9. The SMILES string of the molecule is Cc1cc(C)n2c(NS(=O)(=O)c3ccccc3)c(-c3ccccc3)nc2n1. The molecule has 0 fully saturated rings. The van der Waals surface area contributed by atoms with Crippen molar-refractivity contribution in [3.63, 3.8) is 0 Å². The Morgan fingerprint density at radius 3 is 2.19 bits per heavy atom. The molecule has 0 atom stereocenters. The van der Waals surface area contributed by atoms with Crippen LogP contribution in [-0.2, 0) is 10.0 Å². The van der Waals surface area contributed by atoms with Crippen molar-refractivity contribution in [1.82, 2.24) is 14.4 Å². The van der Waals surface area contributed by atoms with Crippen molar-refractivity contribution in [2.75, 3.05) is 4.72 Å². The molecule has 6 nitrogen and oxygen atoms in total. The van der Waals surface area contributed by atoms with E-state index in [4.69, 9.17) is 0 Å². The van der Waals surface area contributed by atoms with Crippen LogP contribution in [0.15, 0.2) is 71.6 Å². The summed E-state index contributed by atoms with van der Waals surface area (Å²) in [6.07, 6.45) is 0. The molecule has 7 heteroatoms. The van der Waals surface area contributed by atoms with Crippen molar-refractivity contribution in [3.8, 4) is 11.3 Å². The van der Waals surface area contributed by atoms with Crippen molar-refractivity contribution >= 4 is 21.6 Å². The molecule has 0 amide bonds. The number of aromatic nitrogens is 3. The van der Waals surface area contributed by atoms with Crippen molar-refractivity contribution in [1.29, 1.82) is 0 Å². The first-order chi connectivity index (χ1) is 13.0. The van der Waals surface area contributed by atoms with Crippen LogP contribution in [-0.4, -0.2) is 22.8 Å². The Morgan fingerprint density at radius 2 is 1.52 bits per heavy atom. The number of aryl methyl sites for hydroxylation is 2. The molecule has 2 heterocycles. The van der Waals surface area contributed by atoms with E-state index in [2.05, 4.69) is 14.7 Å². The molecule has 0 radical (unpaired) electrons. The summed E-state index contributed by atoms with van der Waals surface area (Å²) >= 11 is 0. The average Bonchev–Trinajstić information content (AvgIpc) is 3.01. The highest BCUT2D eigenvalue weighted by Gasteiger charge is 2.22. The van der Waals surface area contributed by atoms with Crippen LogP contribution in [0.3, 0.4) is 0 Å². The third-order valence-electron chi connectivity index (χ3n) is 4.24. The third kappa shape index (κ3) is 3.17. The first kappa shape index (κ1) is 17.2. The Balaban J connectivity index is 1.95. The Kier molecular flexibility index (Phi) is 4.16. The van der Waals surface area contributed by atoms with Gasteiger partial charge < -0.3 is 0 Å². The number of nitrogens with zero attached hydrogens (tertiary/aromatic N) is 3. The minimum Gasteiger partial charge on any atom is -0.266 e. The molecule has 0 saturated carbocycles. The maximum Gasteiger partial charge on any atom is 0.263 e. The van der Waals surface area contributed by atoms with E-state index in [9.17, 15) is 8.42 Å². The number of anilines is 1. The Morgan fingerprint density at radius 1 is 0.889 bits per heavy atom. The largest absolute Gasteiger partial charge is 0.266 e. The molecular weight excluding hydrogens is 360 g/mol. The average molecular weight is 378 g/mol. The molecule has 0 aliphatic heterocycles. The highest BCUT2D eigenvalue weighted by molar-refractivity contribution is 7.92. The Labute approximate surface area is 157 Å². The number of rotatable bonds is 4. The van der Waals surface area contributed by atoms with E-state index in [0.717, 1.165) is 17.0 Å². The predicted molar refractivity (Wildman–Crippen MR) is 105 cm³/mol. The van der Waals surface area contributed by atoms with Gasteiger partial charge in [0, 0.05) is 17.0 Å². The second-order valence-electron chi connectivity index (χ2n) is 6.27. The molecule has 2 aromatic heterocycles. The van der Waals surface area contributed by atoms with E-state index in [1.807, 2.05) is 50.2 Å². The van der Waals surface area contributed by atoms with Gasteiger partial charge in [0.1, 0.15) is 5.69 Å². The summed E-state index contributed by atoms with van der Waals surface area (Å²) in [4.78, 5) is 9.26. The van der Waals surface area contributed by atoms with Crippen LogP contribution in [0.5, 0.6) is 0 Å². The lowest BCUT2D eigenvalue weighted by Gasteiger charge is -2.11. The standard InChI is InChI=1S/C20H18N4O2S/c1-14-13-15(2)24-19(23-27(25,26)17-11-7-4-8-12-17)18(22-20(24)21-14)16-9-5-3-6-10-16/h3-13,23H,1-2H3. The molecule has 0 aliphatic carbocycles. The summed E-state index contributed by atoms with van der Waals surface area (Å²) in [6.45, 7) is 3.79. The summed E-state index contributed by atoms with van der Waals surface area (Å²) < 4.78 is 30.3. The number of fused-ring (bicyclic) bond motifs is 1. The maximum absolute atomic E-state index is 12.9. The second kappa shape index (κ2) is 6.51. The van der Waals surface area contributed by atoms with E-state index >= 15 is 0 Å². The van der Waals surface area contributed by atoms with E-state index in [0.29, 0.717) is 17.3 Å². The van der Waals surface area contributed by atoms with E-state index in [-0.39, 0.29) is 4.90 Å². The van der Waals surface area contributed by atoms with Gasteiger partial charge in [-0.15, -0.1) is 0 Å². The van der Waals surface area contributed by atoms with Gasteiger partial charge in [-0.25, -0.2) is 18.4 Å². The first-order valence-corrected chi connectivity index (χ1v) is 9.94. The fraction of sp³-hybridized carbons (Fsp3) is 0.100. The van der Waals surface area contributed by atoms with Crippen molar-refractivity contribution in [2.45, 2.75) is 18.7 Å². The Hall–Kier alpha value is -3.19. The van der Waals surface area contributed by atoms with Gasteiger partial charge in [0.25, 0.3) is 10.0 Å². The monoisotopic (exact) mass is 378 g/mol. The van der Waals surface area contributed by atoms with Gasteiger partial charge >= 0.3 is 0 Å². The third-order valence-corrected chi connectivity index (χ3v) is 5.59. The number of nitrogens with one attached hydrogen (secondary N) is 1. The van der Waals surface area contributed by atoms with Crippen LogP contribution in [0.2, 0.25) is 0 Å². The second-order valence-corrected chi connectivity index (χ2v) is 7.95. The highest BCUT2D eigenvalue weighted by atomic mass is 32.2. The fourth-order valence-electron chi connectivity index (χ4n) is 3.05. The summed E-state index contributed by atoms with van der Waals surface area (Å²) in [5.74, 6) is 0.835. The molecule has 27 heavy (non-hydrogen) atoms. The molecule has 4 aromatic rings. The molecule has 1 N–H and O–H groups in total. The van der Waals surface area contributed by atoms with E-state index in [1.54, 1.807) is 34.7 Å². The molecule has 0 unspecified atom stereocenters. The van der Waals surface area contributed by atoms with Crippen LogP contribution >= 0.6 is 0 Å². The van der Waals surface area contributed by atoms with Crippen molar-refractivity contribution in [3.05, 3.63) is 78.1 Å². The topological polar surface area (TPSA) is 76.4 Å². The quantitative estimate of drug-likeness (QED) is 0.586. The number of imidazole rings is 1.